The molecule has 0 fully saturated rings. The van der Waals surface area contributed by atoms with Gasteiger partial charge in [0.05, 0.1) is 12.2 Å². The summed E-state index contributed by atoms with van der Waals surface area (Å²) in [6.07, 6.45) is 0.666. The third-order valence-corrected chi connectivity index (χ3v) is 2.25. The highest BCUT2D eigenvalue weighted by atomic mass is 16.5. The van der Waals surface area contributed by atoms with Crippen molar-refractivity contribution in [2.45, 2.75) is 39.3 Å². The zero-order valence-corrected chi connectivity index (χ0v) is 10.8. The maximum atomic E-state index is 11.3. The third-order valence-electron chi connectivity index (χ3n) is 2.25. The number of amides is 1. The van der Waals surface area contributed by atoms with Crippen molar-refractivity contribution in [2.24, 2.45) is 0 Å². The quantitative estimate of drug-likeness (QED) is 0.838. The highest BCUT2D eigenvalue weighted by molar-refractivity contribution is 5.76. The van der Waals surface area contributed by atoms with E-state index in [1.807, 2.05) is 44.2 Å². The second-order valence-corrected chi connectivity index (χ2v) is 4.25. The first-order chi connectivity index (χ1) is 8.61. The molecule has 0 atom stereocenters. The number of carbonyl (C=O) groups is 1. The smallest absolute Gasteiger partial charge is 0.221 e. The van der Waals surface area contributed by atoms with E-state index < -0.39 is 0 Å². The van der Waals surface area contributed by atoms with Crippen molar-refractivity contribution in [3.05, 3.63) is 29.8 Å². The van der Waals surface area contributed by atoms with Gasteiger partial charge in [-0.25, -0.2) is 0 Å². The second-order valence-electron chi connectivity index (χ2n) is 4.25. The number of hydrogen-bond acceptors (Lipinski definition) is 3. The maximum absolute atomic E-state index is 11.3. The van der Waals surface area contributed by atoms with Crippen LogP contribution in [0.3, 0.4) is 0 Å². The van der Waals surface area contributed by atoms with Crippen molar-refractivity contribution in [3.63, 3.8) is 0 Å². The molecular weight excluding hydrogens is 228 g/mol. The lowest BCUT2D eigenvalue weighted by Crippen LogP contribution is -2.22. The Bertz CT molecular complexity index is 418. The van der Waals surface area contributed by atoms with Crippen LogP contribution in [0, 0.1) is 11.3 Å². The zero-order valence-electron chi connectivity index (χ0n) is 10.8. The summed E-state index contributed by atoms with van der Waals surface area (Å²) in [5.74, 6) is 0.726. The lowest BCUT2D eigenvalue weighted by Gasteiger charge is -2.10. The molecule has 4 nitrogen and oxygen atoms in total. The molecule has 4 heteroatoms. The minimum absolute atomic E-state index is 0.0981. The van der Waals surface area contributed by atoms with Crippen LogP contribution in [0.25, 0.3) is 0 Å². The highest BCUT2D eigenvalue weighted by Gasteiger charge is 2.01. The monoisotopic (exact) mass is 246 g/mol. The number of nitrogens with zero attached hydrogens (tertiary/aromatic N) is 1. The van der Waals surface area contributed by atoms with Gasteiger partial charge in [-0.1, -0.05) is 12.1 Å². The van der Waals surface area contributed by atoms with Crippen molar-refractivity contribution in [1.82, 2.24) is 5.32 Å². The lowest BCUT2D eigenvalue weighted by atomic mass is 10.2. The van der Waals surface area contributed by atoms with Crippen LogP contribution in [0.2, 0.25) is 0 Å². The number of carbonyl (C=O) groups excluding carboxylic acids is 1. The summed E-state index contributed by atoms with van der Waals surface area (Å²) in [6, 6.07) is 9.55. The molecule has 0 aliphatic rings. The van der Waals surface area contributed by atoms with Gasteiger partial charge in [0.25, 0.3) is 0 Å². The fourth-order valence-electron chi connectivity index (χ4n) is 1.42. The Morgan fingerprint density at radius 1 is 1.39 bits per heavy atom. The summed E-state index contributed by atoms with van der Waals surface area (Å²) in [4.78, 5) is 11.3. The Morgan fingerprint density at radius 3 is 2.61 bits per heavy atom. The van der Waals surface area contributed by atoms with Crippen LogP contribution in [-0.4, -0.2) is 12.0 Å². The number of hydrogen-bond donors (Lipinski definition) is 1. The summed E-state index contributed by atoms with van der Waals surface area (Å²) in [5.41, 5.74) is 1.01. The first-order valence-electron chi connectivity index (χ1n) is 6.01. The fourth-order valence-corrected chi connectivity index (χ4v) is 1.42. The van der Waals surface area contributed by atoms with Crippen LogP contribution in [0.5, 0.6) is 5.75 Å². The molecule has 0 saturated carbocycles. The molecule has 18 heavy (non-hydrogen) atoms. The first kappa shape index (κ1) is 14.0. The number of rotatable bonds is 6. The van der Waals surface area contributed by atoms with Gasteiger partial charge in [0.2, 0.25) is 5.91 Å². The van der Waals surface area contributed by atoms with Gasteiger partial charge in [0.15, 0.2) is 0 Å². The lowest BCUT2D eigenvalue weighted by molar-refractivity contribution is -0.121. The predicted molar refractivity (Wildman–Crippen MR) is 68.9 cm³/mol. The van der Waals surface area contributed by atoms with Gasteiger partial charge in [-0.15, -0.1) is 0 Å². The maximum Gasteiger partial charge on any atom is 0.221 e. The fraction of sp³-hybridized carbons (Fsp3) is 0.429. The zero-order chi connectivity index (χ0) is 13.4. The van der Waals surface area contributed by atoms with Gasteiger partial charge >= 0.3 is 0 Å². The van der Waals surface area contributed by atoms with E-state index in [0.29, 0.717) is 6.54 Å². The SMILES string of the molecule is CC(C)Oc1ccc(CNC(=O)CCC#N)cc1. The van der Waals surface area contributed by atoms with Crippen LogP contribution in [0.1, 0.15) is 32.3 Å². The average Bonchev–Trinajstić information content (AvgIpc) is 2.35. The highest BCUT2D eigenvalue weighted by Crippen LogP contribution is 2.13. The number of nitriles is 1. The van der Waals surface area contributed by atoms with Crippen molar-refractivity contribution in [3.8, 4) is 11.8 Å². The third kappa shape index (κ3) is 5.35. The normalized spacial score (nSPS) is 9.89. The Morgan fingerprint density at radius 2 is 2.06 bits per heavy atom. The van der Waals surface area contributed by atoms with E-state index in [1.165, 1.54) is 0 Å². The summed E-state index contributed by atoms with van der Waals surface area (Å²) < 4.78 is 5.52. The average molecular weight is 246 g/mol. The van der Waals surface area contributed by atoms with E-state index in [4.69, 9.17) is 10.00 Å². The van der Waals surface area contributed by atoms with Gasteiger partial charge in [-0.05, 0) is 31.5 Å². The molecule has 1 rings (SSSR count). The number of nitrogens with one attached hydrogen (secondary N) is 1. The van der Waals surface area contributed by atoms with E-state index in [2.05, 4.69) is 5.32 Å². The minimum atomic E-state index is -0.0981. The Kier molecular flexibility index (Phi) is 5.72. The molecular formula is C14H18N2O2. The van der Waals surface area contributed by atoms with Crippen molar-refractivity contribution < 1.29 is 9.53 Å². The topological polar surface area (TPSA) is 62.1 Å². The van der Waals surface area contributed by atoms with Crippen molar-refractivity contribution in [1.29, 1.82) is 5.26 Å². The molecule has 0 aliphatic carbocycles. The van der Waals surface area contributed by atoms with Crippen LogP contribution in [0.15, 0.2) is 24.3 Å². The van der Waals surface area contributed by atoms with E-state index in [1.54, 1.807) is 0 Å². The molecule has 0 bridgehead atoms. The molecule has 0 saturated heterocycles. The van der Waals surface area contributed by atoms with E-state index in [0.717, 1.165) is 11.3 Å². The van der Waals surface area contributed by atoms with Crippen LogP contribution in [0.4, 0.5) is 0 Å². The molecule has 1 aromatic rings. The van der Waals surface area contributed by atoms with Crippen LogP contribution in [-0.2, 0) is 11.3 Å². The standard InChI is InChI=1S/C14H18N2O2/c1-11(2)18-13-7-5-12(6-8-13)10-16-14(17)4-3-9-15/h5-8,11H,3-4,10H2,1-2H3,(H,16,17). The van der Waals surface area contributed by atoms with E-state index in [-0.39, 0.29) is 24.9 Å². The molecule has 0 radical (unpaired) electrons. The number of benzene rings is 1. The molecule has 0 aliphatic heterocycles. The summed E-state index contributed by atoms with van der Waals surface area (Å²) >= 11 is 0. The molecule has 1 amide bonds. The summed E-state index contributed by atoms with van der Waals surface area (Å²) in [6.45, 7) is 4.43. The molecule has 0 unspecified atom stereocenters. The molecule has 96 valence electrons. The molecule has 1 N–H and O–H groups in total. The van der Waals surface area contributed by atoms with Crippen molar-refractivity contribution in [2.75, 3.05) is 0 Å². The van der Waals surface area contributed by atoms with Gasteiger partial charge in [0, 0.05) is 19.4 Å². The van der Waals surface area contributed by atoms with E-state index >= 15 is 0 Å². The van der Waals surface area contributed by atoms with Gasteiger partial charge < -0.3 is 10.1 Å². The van der Waals surface area contributed by atoms with E-state index in [9.17, 15) is 4.79 Å². The largest absolute Gasteiger partial charge is 0.491 e. The Hall–Kier alpha value is -2.02. The minimum Gasteiger partial charge on any atom is -0.491 e. The molecule has 0 aromatic heterocycles. The van der Waals surface area contributed by atoms with Crippen LogP contribution < -0.4 is 10.1 Å². The Labute approximate surface area is 108 Å². The predicted octanol–water partition coefficient (Wildman–Crippen LogP) is 2.39. The van der Waals surface area contributed by atoms with Gasteiger partial charge in [-0.2, -0.15) is 5.26 Å². The summed E-state index contributed by atoms with van der Waals surface area (Å²) in [7, 11) is 0. The molecule has 0 heterocycles. The van der Waals surface area contributed by atoms with Gasteiger partial charge in [-0.3, -0.25) is 4.79 Å². The molecule has 0 spiro atoms. The Balaban J connectivity index is 2.39. The van der Waals surface area contributed by atoms with Gasteiger partial charge in [0.1, 0.15) is 5.75 Å². The first-order valence-corrected chi connectivity index (χ1v) is 6.01. The second kappa shape index (κ2) is 7.33. The molecule has 1 aromatic carbocycles. The summed E-state index contributed by atoms with van der Waals surface area (Å²) in [5, 5.41) is 11.1. The van der Waals surface area contributed by atoms with Crippen molar-refractivity contribution >= 4 is 5.91 Å². The number of ether oxygens (including phenoxy) is 1. The van der Waals surface area contributed by atoms with Crippen LogP contribution >= 0.6 is 0 Å².